The molecule has 0 aromatic rings. The molecular weight excluding hydrogens is 172 g/mol. The molecule has 0 saturated carbocycles. The van der Waals surface area contributed by atoms with Gasteiger partial charge in [0.05, 0.1) is 0 Å². The molecule has 0 radical (unpaired) electrons. The molecule has 0 aliphatic rings. The minimum Gasteiger partial charge on any atom is -0.482 e. The fourth-order valence-electron chi connectivity index (χ4n) is 0. The summed E-state index contributed by atoms with van der Waals surface area (Å²) in [7, 11) is 0. The van der Waals surface area contributed by atoms with E-state index in [-0.39, 0.29) is 0 Å². The number of halogens is 4. The van der Waals surface area contributed by atoms with E-state index in [0.717, 1.165) is 0 Å². The molecule has 0 atom stereocenters. The lowest BCUT2D eigenvalue weighted by atomic mass is 11.1. The van der Waals surface area contributed by atoms with Crippen LogP contribution in [0, 0.1) is 0 Å². The highest BCUT2D eigenvalue weighted by molar-refractivity contribution is 6.28. The van der Waals surface area contributed by atoms with Crippen molar-refractivity contribution in [3.05, 3.63) is 23.9 Å². The molecule has 0 aromatic carbocycles. The zero-order chi connectivity index (χ0) is 8.73. The van der Waals surface area contributed by atoms with Gasteiger partial charge in [-0.25, -0.2) is 0 Å². The molecule has 0 aliphatic carbocycles. The Morgan fingerprint density at radius 3 is 1.30 bits per heavy atom. The highest BCUT2D eigenvalue weighted by Crippen LogP contribution is 2.11. The summed E-state index contributed by atoms with van der Waals surface area (Å²) in [5.74, 6) is -0.833. The molecule has 0 fully saturated rings. The molecule has 0 unspecified atom stereocenters. The van der Waals surface area contributed by atoms with Gasteiger partial charge in [0.1, 0.15) is 0 Å². The Morgan fingerprint density at radius 1 is 1.20 bits per heavy atom. The van der Waals surface area contributed by atoms with Crippen LogP contribution in [0.25, 0.3) is 0 Å². The number of rotatable bonds is 0. The first-order valence-electron chi connectivity index (χ1n) is 1.81. The summed E-state index contributed by atoms with van der Waals surface area (Å²) >= 11 is 4.08. The van der Waals surface area contributed by atoms with Crippen molar-refractivity contribution < 1.29 is 23.4 Å². The molecule has 0 saturated heterocycles. The summed E-state index contributed by atoms with van der Waals surface area (Å²) in [6, 6.07) is 0. The second-order valence-corrected chi connectivity index (χ2v) is 1.27. The molecule has 60 valence electrons. The van der Waals surface area contributed by atoms with Crippen molar-refractivity contribution in [2.45, 2.75) is 0 Å². The van der Waals surface area contributed by atoms with Gasteiger partial charge in [-0.1, -0.05) is 0 Å². The molecule has 6 heteroatoms. The van der Waals surface area contributed by atoms with Crippen LogP contribution in [0.1, 0.15) is 0 Å². The van der Waals surface area contributed by atoms with Crippen LogP contribution in [-0.4, -0.2) is 10.2 Å². The van der Waals surface area contributed by atoms with Crippen molar-refractivity contribution in [1.29, 1.82) is 0 Å². The molecule has 0 amide bonds. The van der Waals surface area contributed by atoms with Gasteiger partial charge in [0.15, 0.2) is 0 Å². The summed E-state index contributed by atoms with van der Waals surface area (Å²) in [5, 5.41) is 12.9. The second kappa shape index (κ2) is 6.28. The summed E-state index contributed by atoms with van der Waals surface area (Å²) in [6.07, 6.45) is -2.48. The molecule has 0 aliphatic heterocycles. The summed E-state index contributed by atoms with van der Waals surface area (Å²) in [4.78, 5) is 0. The fourth-order valence-corrected chi connectivity index (χ4v) is 0. The largest absolute Gasteiger partial charge is 0.482 e. The van der Waals surface area contributed by atoms with Gasteiger partial charge in [0.2, 0.25) is 0 Å². The van der Waals surface area contributed by atoms with E-state index in [0.29, 0.717) is 0 Å². The summed E-state index contributed by atoms with van der Waals surface area (Å²) in [6.45, 7) is 2.67. The monoisotopic (exact) mass is 176 g/mol. The molecule has 2 N–H and O–H groups in total. The fraction of sp³-hybridized carbons (Fsp3) is 0. The Hall–Kier alpha value is -0.840. The quantitative estimate of drug-likeness (QED) is 0.557. The highest BCUT2D eigenvalue weighted by atomic mass is 35.5. The molecule has 0 spiro atoms. The van der Waals surface area contributed by atoms with Crippen molar-refractivity contribution in [1.82, 2.24) is 0 Å². The normalized spacial score (nSPS) is 7.20. The van der Waals surface area contributed by atoms with Crippen LogP contribution in [0.3, 0.4) is 0 Å². The first kappa shape index (κ1) is 11.9. The maximum Gasteiger partial charge on any atom is 0.317 e. The van der Waals surface area contributed by atoms with Gasteiger partial charge in [0.25, 0.3) is 11.2 Å². The van der Waals surface area contributed by atoms with Crippen molar-refractivity contribution in [3.8, 4) is 0 Å². The third kappa shape index (κ3) is 27.2. The average Bonchev–Trinajstić information content (AvgIpc) is 1.63. The standard InChI is InChI=1S/C2ClF3.C2H4O2/c3-1(4)2(5)6;1-2(3)4/h;3-4H,1H2. The van der Waals surface area contributed by atoms with E-state index >= 15 is 0 Å². The minimum absolute atomic E-state index is 0.833. The van der Waals surface area contributed by atoms with Gasteiger partial charge < -0.3 is 10.2 Å². The molecule has 0 aromatic heterocycles. The van der Waals surface area contributed by atoms with Gasteiger partial charge in [-0.15, -0.1) is 0 Å². The van der Waals surface area contributed by atoms with Crippen LogP contribution < -0.4 is 0 Å². The third-order valence-corrected chi connectivity index (χ3v) is 0.286. The highest BCUT2D eigenvalue weighted by Gasteiger charge is 1.95. The smallest absolute Gasteiger partial charge is 0.317 e. The van der Waals surface area contributed by atoms with Crippen molar-refractivity contribution >= 4 is 11.6 Å². The predicted molar refractivity (Wildman–Crippen MR) is 30.6 cm³/mol. The van der Waals surface area contributed by atoms with E-state index in [4.69, 9.17) is 10.2 Å². The predicted octanol–water partition coefficient (Wildman–Crippen LogP) is 2.83. The Morgan fingerprint density at radius 2 is 1.30 bits per heavy atom. The van der Waals surface area contributed by atoms with Crippen LogP contribution in [0.5, 0.6) is 0 Å². The first-order chi connectivity index (χ1) is 4.37. The Balaban J connectivity index is 0. The number of hydrogen-bond acceptors (Lipinski definition) is 2. The summed E-state index contributed by atoms with van der Waals surface area (Å²) in [5.41, 5.74) is 0. The lowest BCUT2D eigenvalue weighted by Crippen LogP contribution is -1.62. The van der Waals surface area contributed by atoms with E-state index in [1.54, 1.807) is 0 Å². The zero-order valence-corrected chi connectivity index (χ0v) is 5.37. The second-order valence-electron chi connectivity index (χ2n) is 0.937. The van der Waals surface area contributed by atoms with E-state index in [2.05, 4.69) is 18.2 Å². The van der Waals surface area contributed by atoms with Crippen molar-refractivity contribution in [3.63, 3.8) is 0 Å². The SMILES string of the molecule is C=C(O)O.FC(F)=C(F)Cl. The van der Waals surface area contributed by atoms with Crippen LogP contribution in [0.15, 0.2) is 23.9 Å². The molecule has 10 heavy (non-hydrogen) atoms. The Bertz CT molecular complexity index is 123. The van der Waals surface area contributed by atoms with E-state index < -0.39 is 17.3 Å². The minimum atomic E-state index is -2.48. The van der Waals surface area contributed by atoms with E-state index in [1.165, 1.54) is 0 Å². The molecule has 0 heterocycles. The maximum absolute atomic E-state index is 10.7. The number of aliphatic hydroxyl groups excluding tert-OH is 1. The van der Waals surface area contributed by atoms with Gasteiger partial charge in [-0.05, 0) is 18.2 Å². The van der Waals surface area contributed by atoms with Crippen LogP contribution >= 0.6 is 11.6 Å². The molecular formula is C4H4ClF3O2. The molecule has 0 rings (SSSR count). The van der Waals surface area contributed by atoms with E-state index in [1.807, 2.05) is 0 Å². The van der Waals surface area contributed by atoms with Crippen LogP contribution in [0.4, 0.5) is 13.2 Å². The Kier molecular flexibility index (Phi) is 7.47. The van der Waals surface area contributed by atoms with E-state index in [9.17, 15) is 13.2 Å². The van der Waals surface area contributed by atoms with Crippen molar-refractivity contribution in [2.24, 2.45) is 0 Å². The van der Waals surface area contributed by atoms with Gasteiger partial charge in [-0.2, -0.15) is 13.2 Å². The lowest BCUT2D eigenvalue weighted by Gasteiger charge is -1.70. The van der Waals surface area contributed by atoms with Crippen LogP contribution in [-0.2, 0) is 0 Å². The first-order valence-corrected chi connectivity index (χ1v) is 2.18. The molecule has 0 bridgehead atoms. The average molecular weight is 177 g/mol. The van der Waals surface area contributed by atoms with Gasteiger partial charge >= 0.3 is 6.08 Å². The number of aliphatic hydroxyl groups is 2. The number of hydrogen-bond donors (Lipinski definition) is 2. The van der Waals surface area contributed by atoms with Gasteiger partial charge in [-0.3, -0.25) is 0 Å². The lowest BCUT2D eigenvalue weighted by molar-refractivity contribution is 0.194. The van der Waals surface area contributed by atoms with Crippen LogP contribution in [0.2, 0.25) is 0 Å². The van der Waals surface area contributed by atoms with Gasteiger partial charge in [0, 0.05) is 0 Å². The van der Waals surface area contributed by atoms with Crippen molar-refractivity contribution in [2.75, 3.05) is 0 Å². The zero-order valence-electron chi connectivity index (χ0n) is 4.61. The third-order valence-electron chi connectivity index (χ3n) is 0.143. The molecule has 2 nitrogen and oxygen atoms in total. The Labute approximate surface area is 59.8 Å². The maximum atomic E-state index is 10.7. The topological polar surface area (TPSA) is 40.5 Å². The summed E-state index contributed by atoms with van der Waals surface area (Å²) < 4.78 is 31.8.